The molecule has 10 heteroatoms. The van der Waals surface area contributed by atoms with Crippen LogP contribution in [0.2, 0.25) is 0 Å². The molecule has 0 aromatic heterocycles. The number of para-hydroxylation sites is 1. The molecule has 3 aliphatic rings. The third-order valence-electron chi connectivity index (χ3n) is 8.57. The Kier molecular flexibility index (Phi) is 8.11. The van der Waals surface area contributed by atoms with Crippen molar-refractivity contribution in [1.29, 1.82) is 0 Å². The second kappa shape index (κ2) is 11.5. The first-order valence-corrected chi connectivity index (χ1v) is 14.4. The van der Waals surface area contributed by atoms with Gasteiger partial charge in [-0.05, 0) is 42.9 Å². The summed E-state index contributed by atoms with van der Waals surface area (Å²) in [7, 11) is 3.12. The smallest absolute Gasteiger partial charge is 0.306 e. The summed E-state index contributed by atoms with van der Waals surface area (Å²) in [5.74, 6) is -0.261. The molecule has 1 saturated heterocycles. The van der Waals surface area contributed by atoms with Crippen molar-refractivity contribution in [3.05, 3.63) is 47.0 Å². The predicted octanol–water partition coefficient (Wildman–Crippen LogP) is 4.35. The second-order valence-electron chi connectivity index (χ2n) is 12.4. The Labute approximate surface area is 246 Å². The summed E-state index contributed by atoms with van der Waals surface area (Å²) in [6.07, 6.45) is -1.27. The summed E-state index contributed by atoms with van der Waals surface area (Å²) >= 11 is 0. The third kappa shape index (κ3) is 5.40. The number of aliphatic carboxylic acids is 1. The summed E-state index contributed by atoms with van der Waals surface area (Å²) in [5.41, 5.74) is 2.66. The summed E-state index contributed by atoms with van der Waals surface area (Å²) in [4.78, 5) is 43.0. The highest BCUT2D eigenvalue weighted by atomic mass is 16.5. The summed E-state index contributed by atoms with van der Waals surface area (Å²) in [6.45, 7) is 9.12. The van der Waals surface area contributed by atoms with Gasteiger partial charge < -0.3 is 29.0 Å². The van der Waals surface area contributed by atoms with Gasteiger partial charge in [0.15, 0.2) is 11.5 Å². The van der Waals surface area contributed by atoms with Gasteiger partial charge in [-0.2, -0.15) is 0 Å². The molecule has 0 bridgehead atoms. The average Bonchev–Trinajstić information content (AvgIpc) is 3.07. The quantitative estimate of drug-likeness (QED) is 0.536. The Morgan fingerprint density at radius 1 is 1.07 bits per heavy atom. The monoisotopic (exact) mass is 580 g/mol. The molecule has 1 N–H and O–H groups in total. The van der Waals surface area contributed by atoms with Crippen LogP contribution in [-0.2, 0) is 19.1 Å². The van der Waals surface area contributed by atoms with Crippen LogP contribution in [0.3, 0.4) is 0 Å². The Bertz CT molecular complexity index is 1380. The first-order valence-electron chi connectivity index (χ1n) is 14.4. The van der Waals surface area contributed by atoms with Gasteiger partial charge in [-0.3, -0.25) is 19.3 Å². The molecule has 226 valence electrons. The molecule has 2 aromatic rings. The number of hydrogen-bond acceptors (Lipinski definition) is 7. The van der Waals surface area contributed by atoms with Crippen molar-refractivity contribution in [2.24, 2.45) is 11.3 Å². The van der Waals surface area contributed by atoms with Crippen molar-refractivity contribution in [3.8, 4) is 17.2 Å². The van der Waals surface area contributed by atoms with Crippen LogP contribution in [0.1, 0.15) is 62.8 Å². The Hall–Kier alpha value is -3.79. The van der Waals surface area contributed by atoms with Gasteiger partial charge >= 0.3 is 5.97 Å². The third-order valence-corrected chi connectivity index (χ3v) is 8.57. The topological polar surface area (TPSA) is 115 Å². The van der Waals surface area contributed by atoms with E-state index in [4.69, 9.17) is 18.9 Å². The molecule has 2 amide bonds. The van der Waals surface area contributed by atoms with Crippen molar-refractivity contribution in [2.45, 2.75) is 65.2 Å². The summed E-state index contributed by atoms with van der Waals surface area (Å²) < 4.78 is 24.4. The Morgan fingerprint density at radius 2 is 1.79 bits per heavy atom. The number of hydrogen-bond donors (Lipinski definition) is 1. The van der Waals surface area contributed by atoms with E-state index in [0.29, 0.717) is 61.0 Å². The summed E-state index contributed by atoms with van der Waals surface area (Å²) in [6, 6.07) is 9.13. The maximum Gasteiger partial charge on any atom is 0.306 e. The molecule has 0 radical (unpaired) electrons. The fourth-order valence-electron chi connectivity index (χ4n) is 6.25. The first kappa shape index (κ1) is 29.7. The lowest BCUT2D eigenvalue weighted by Crippen LogP contribution is -2.56. The SMILES string of the molecule is COc1cccc([C@H]2O[C@H](CC(=O)N3CCC(C(=O)O)CC3)C(=O)N3c4c(cc(C)cc42)OC[C@H]3C(C)(C)C)c1OC. The maximum absolute atomic E-state index is 14.5. The van der Waals surface area contributed by atoms with Crippen LogP contribution in [0.5, 0.6) is 17.2 Å². The minimum absolute atomic E-state index is 0.171. The number of anilines is 1. The molecule has 3 aliphatic heterocycles. The lowest BCUT2D eigenvalue weighted by atomic mass is 9.84. The number of carbonyl (C=O) groups excluding carboxylic acids is 2. The minimum atomic E-state index is -1.10. The predicted molar refractivity (Wildman–Crippen MR) is 155 cm³/mol. The lowest BCUT2D eigenvalue weighted by Gasteiger charge is -2.44. The molecule has 2 aromatic carbocycles. The number of piperidine rings is 1. The van der Waals surface area contributed by atoms with E-state index < -0.39 is 24.1 Å². The van der Waals surface area contributed by atoms with Gasteiger partial charge in [0, 0.05) is 24.2 Å². The van der Waals surface area contributed by atoms with Gasteiger partial charge in [-0.15, -0.1) is 0 Å². The van der Waals surface area contributed by atoms with E-state index in [0.717, 1.165) is 11.1 Å². The number of amides is 2. The lowest BCUT2D eigenvalue weighted by molar-refractivity contribution is -0.148. The molecule has 3 heterocycles. The highest BCUT2D eigenvalue weighted by Crippen LogP contribution is 2.51. The molecule has 1 fully saturated rings. The van der Waals surface area contributed by atoms with Crippen LogP contribution in [-0.4, -0.2) is 73.9 Å². The van der Waals surface area contributed by atoms with Crippen LogP contribution in [0.15, 0.2) is 30.3 Å². The molecular formula is C32H40N2O8. The normalized spacial score (nSPS) is 22.6. The van der Waals surface area contributed by atoms with Gasteiger partial charge in [0.2, 0.25) is 5.91 Å². The average molecular weight is 581 g/mol. The highest BCUT2D eigenvalue weighted by molar-refractivity contribution is 6.02. The van der Waals surface area contributed by atoms with E-state index in [2.05, 4.69) is 20.8 Å². The van der Waals surface area contributed by atoms with Crippen molar-refractivity contribution < 1.29 is 38.4 Å². The highest BCUT2D eigenvalue weighted by Gasteiger charge is 2.48. The Morgan fingerprint density at radius 3 is 2.40 bits per heavy atom. The van der Waals surface area contributed by atoms with E-state index in [1.807, 2.05) is 31.2 Å². The number of ether oxygens (including phenoxy) is 4. The zero-order valence-electron chi connectivity index (χ0n) is 25.1. The number of benzene rings is 2. The van der Waals surface area contributed by atoms with Crippen molar-refractivity contribution in [2.75, 3.05) is 38.8 Å². The van der Waals surface area contributed by atoms with E-state index in [-0.39, 0.29) is 29.7 Å². The largest absolute Gasteiger partial charge is 0.493 e. The zero-order valence-corrected chi connectivity index (χ0v) is 25.1. The van der Waals surface area contributed by atoms with Crippen molar-refractivity contribution in [3.63, 3.8) is 0 Å². The fourth-order valence-corrected chi connectivity index (χ4v) is 6.25. The molecule has 3 atom stereocenters. The van der Waals surface area contributed by atoms with E-state index in [1.54, 1.807) is 30.1 Å². The maximum atomic E-state index is 14.5. The van der Waals surface area contributed by atoms with E-state index in [9.17, 15) is 19.5 Å². The van der Waals surface area contributed by atoms with Gasteiger partial charge in [-0.25, -0.2) is 0 Å². The number of nitrogens with zero attached hydrogens (tertiary/aromatic N) is 2. The molecule has 0 spiro atoms. The van der Waals surface area contributed by atoms with Crippen molar-refractivity contribution in [1.82, 2.24) is 4.90 Å². The standard InChI is InChI=1S/C32H40N2O8/c1-18-14-21-27-23(15-18)41-17-25(32(2,3)4)34(27)30(36)24(16-26(35)33-12-10-19(11-13-33)31(37)38)42-28(21)20-8-7-9-22(39-5)29(20)40-6/h7-9,14-15,19,24-25,28H,10-13,16-17H2,1-6H3,(H,37,38)/t24-,25+,28-/m1/s1. The molecule has 0 unspecified atom stereocenters. The minimum Gasteiger partial charge on any atom is -0.493 e. The molecular weight excluding hydrogens is 540 g/mol. The number of carboxylic acids is 1. The second-order valence-corrected chi connectivity index (χ2v) is 12.4. The van der Waals surface area contributed by atoms with Crippen LogP contribution in [0.4, 0.5) is 5.69 Å². The van der Waals surface area contributed by atoms with E-state index >= 15 is 0 Å². The van der Waals surface area contributed by atoms with Gasteiger partial charge in [0.05, 0.1) is 38.3 Å². The number of methoxy groups -OCH3 is 2. The first-order chi connectivity index (χ1) is 19.9. The van der Waals surface area contributed by atoms with Gasteiger partial charge in [0.25, 0.3) is 5.91 Å². The van der Waals surface area contributed by atoms with Crippen LogP contribution >= 0.6 is 0 Å². The molecule has 5 rings (SSSR count). The summed E-state index contributed by atoms with van der Waals surface area (Å²) in [5, 5.41) is 9.38. The zero-order chi connectivity index (χ0) is 30.3. The van der Waals surface area contributed by atoms with E-state index in [1.165, 1.54) is 0 Å². The van der Waals surface area contributed by atoms with Crippen LogP contribution in [0.25, 0.3) is 0 Å². The number of rotatable bonds is 6. The number of carboxylic acid groups (broad SMARTS) is 1. The molecule has 0 saturated carbocycles. The van der Waals surface area contributed by atoms with Crippen molar-refractivity contribution >= 4 is 23.5 Å². The van der Waals surface area contributed by atoms with Crippen LogP contribution < -0.4 is 19.1 Å². The number of likely N-dealkylation sites (tertiary alicyclic amines) is 1. The van der Waals surface area contributed by atoms with Gasteiger partial charge in [0.1, 0.15) is 24.6 Å². The molecule has 42 heavy (non-hydrogen) atoms. The molecule has 0 aliphatic carbocycles. The fraction of sp³-hybridized carbons (Fsp3) is 0.531. The van der Waals surface area contributed by atoms with Crippen LogP contribution in [0, 0.1) is 18.3 Å². The Balaban J connectivity index is 1.61. The number of carbonyl (C=O) groups is 3. The molecule has 10 nitrogen and oxygen atoms in total. The van der Waals surface area contributed by atoms with Gasteiger partial charge in [-0.1, -0.05) is 39.0 Å². The number of aryl methyl sites for hydroxylation is 1.